The van der Waals surface area contributed by atoms with E-state index in [4.69, 9.17) is 9.26 Å². The molecule has 33 heavy (non-hydrogen) atoms. The maximum atomic E-state index is 13.1. The molecule has 7 nitrogen and oxygen atoms in total. The number of para-hydroxylation sites is 1. The lowest BCUT2D eigenvalue weighted by Crippen LogP contribution is -2.50. The summed E-state index contributed by atoms with van der Waals surface area (Å²) in [5.41, 5.74) is -0.0342. The van der Waals surface area contributed by atoms with E-state index in [9.17, 15) is 18.0 Å². The zero-order chi connectivity index (χ0) is 23.4. The van der Waals surface area contributed by atoms with E-state index in [0.29, 0.717) is 37.9 Å². The van der Waals surface area contributed by atoms with Crippen LogP contribution in [-0.2, 0) is 11.0 Å². The van der Waals surface area contributed by atoms with Gasteiger partial charge in [0, 0.05) is 31.7 Å². The van der Waals surface area contributed by atoms with Gasteiger partial charge in [0.05, 0.1) is 11.6 Å². The third-order valence-electron chi connectivity index (χ3n) is 5.59. The molecule has 1 aliphatic heterocycles. The third-order valence-corrected chi connectivity index (χ3v) is 5.59. The number of carbonyl (C=O) groups excluding carboxylic acids is 1. The van der Waals surface area contributed by atoms with Crippen LogP contribution in [0.25, 0.3) is 11.4 Å². The summed E-state index contributed by atoms with van der Waals surface area (Å²) in [6.07, 6.45) is -4.55. The quantitative estimate of drug-likeness (QED) is 0.553. The molecule has 1 amide bonds. The fourth-order valence-corrected chi connectivity index (χ4v) is 3.68. The molecule has 0 saturated carbocycles. The Hall–Kier alpha value is -3.40. The van der Waals surface area contributed by atoms with Crippen molar-refractivity contribution < 1.29 is 27.2 Å². The molecule has 4 rings (SSSR count). The highest BCUT2D eigenvalue weighted by Gasteiger charge is 2.34. The maximum absolute atomic E-state index is 13.1. The average Bonchev–Trinajstić information content (AvgIpc) is 3.33. The minimum Gasteiger partial charge on any atom is -0.483 e. The molecule has 1 unspecified atom stereocenters. The van der Waals surface area contributed by atoms with E-state index in [2.05, 4.69) is 15.0 Å². The van der Waals surface area contributed by atoms with Crippen LogP contribution >= 0.6 is 0 Å². The van der Waals surface area contributed by atoms with Crippen molar-refractivity contribution in [1.82, 2.24) is 19.9 Å². The second kappa shape index (κ2) is 9.62. The number of halogens is 3. The summed E-state index contributed by atoms with van der Waals surface area (Å²) >= 11 is 0. The lowest BCUT2D eigenvalue weighted by atomic mass is 10.2. The molecule has 174 valence electrons. The molecule has 0 bridgehead atoms. The molecule has 2 aromatic carbocycles. The van der Waals surface area contributed by atoms with Crippen molar-refractivity contribution in [3.63, 3.8) is 0 Å². The van der Waals surface area contributed by atoms with E-state index in [-0.39, 0.29) is 17.7 Å². The number of piperazine rings is 1. The predicted octanol–water partition coefficient (Wildman–Crippen LogP) is 4.04. The van der Waals surface area contributed by atoms with Gasteiger partial charge in [0.1, 0.15) is 5.75 Å². The van der Waals surface area contributed by atoms with Gasteiger partial charge < -0.3 is 14.2 Å². The number of aromatic nitrogens is 2. The van der Waals surface area contributed by atoms with E-state index in [1.54, 1.807) is 4.90 Å². The lowest BCUT2D eigenvalue weighted by Gasteiger charge is -2.36. The Kier molecular flexibility index (Phi) is 6.64. The van der Waals surface area contributed by atoms with Gasteiger partial charge in [0.25, 0.3) is 5.91 Å². The Labute approximate surface area is 188 Å². The number of rotatable bonds is 6. The van der Waals surface area contributed by atoms with Crippen LogP contribution in [0, 0.1) is 0 Å². The van der Waals surface area contributed by atoms with Gasteiger partial charge in [-0.05, 0) is 19.1 Å². The molecule has 1 aliphatic rings. The summed E-state index contributed by atoms with van der Waals surface area (Å²) in [5.74, 6) is 0.294. The SMILES string of the molecule is CC(c1nc(-c2ccccc2)no1)N1CCN(C(=O)COc2ccccc2C(F)(F)F)CC1. The number of benzene rings is 2. The molecule has 2 heterocycles. The first-order chi connectivity index (χ1) is 15.8. The molecule has 1 atom stereocenters. The zero-order valence-electron chi connectivity index (χ0n) is 18.0. The highest BCUT2D eigenvalue weighted by molar-refractivity contribution is 5.78. The molecule has 1 saturated heterocycles. The number of nitrogens with zero attached hydrogens (tertiary/aromatic N) is 4. The van der Waals surface area contributed by atoms with Crippen molar-refractivity contribution in [3.05, 3.63) is 66.1 Å². The summed E-state index contributed by atoms with van der Waals surface area (Å²) in [7, 11) is 0. The van der Waals surface area contributed by atoms with Crippen molar-refractivity contribution in [3.8, 4) is 17.1 Å². The van der Waals surface area contributed by atoms with Gasteiger partial charge in [0.2, 0.25) is 11.7 Å². The Balaban J connectivity index is 1.30. The predicted molar refractivity (Wildman–Crippen MR) is 113 cm³/mol. The summed E-state index contributed by atoms with van der Waals surface area (Å²) in [6, 6.07) is 14.2. The number of carbonyl (C=O) groups is 1. The number of hydrogen-bond donors (Lipinski definition) is 0. The van der Waals surface area contributed by atoms with Crippen molar-refractivity contribution in [2.24, 2.45) is 0 Å². The minimum absolute atomic E-state index is 0.137. The molecule has 0 aliphatic carbocycles. The van der Waals surface area contributed by atoms with Crippen LogP contribution in [0.1, 0.15) is 24.4 Å². The highest BCUT2D eigenvalue weighted by atomic mass is 19.4. The van der Waals surface area contributed by atoms with Crippen molar-refractivity contribution in [2.75, 3.05) is 32.8 Å². The zero-order valence-corrected chi connectivity index (χ0v) is 18.0. The first kappa shape index (κ1) is 22.8. The Morgan fingerprint density at radius 3 is 2.42 bits per heavy atom. The fraction of sp³-hybridized carbons (Fsp3) is 0.348. The molecule has 1 fully saturated rings. The van der Waals surface area contributed by atoms with Crippen LogP contribution in [0.15, 0.2) is 59.1 Å². The normalized spacial score (nSPS) is 15.9. The maximum Gasteiger partial charge on any atom is 0.419 e. The van der Waals surface area contributed by atoms with Crippen molar-refractivity contribution >= 4 is 5.91 Å². The molecule has 0 spiro atoms. The van der Waals surface area contributed by atoms with Crippen LogP contribution in [-0.4, -0.2) is 58.6 Å². The van der Waals surface area contributed by atoms with Gasteiger partial charge in [0.15, 0.2) is 6.61 Å². The minimum atomic E-state index is -4.55. The first-order valence-electron chi connectivity index (χ1n) is 10.5. The number of hydrogen-bond acceptors (Lipinski definition) is 6. The topological polar surface area (TPSA) is 71.7 Å². The first-order valence-corrected chi connectivity index (χ1v) is 10.5. The van der Waals surface area contributed by atoms with Gasteiger partial charge in [-0.25, -0.2) is 0 Å². The van der Waals surface area contributed by atoms with Crippen LogP contribution in [0.2, 0.25) is 0 Å². The Morgan fingerprint density at radius 2 is 1.73 bits per heavy atom. The highest BCUT2D eigenvalue weighted by Crippen LogP contribution is 2.35. The molecule has 1 aromatic heterocycles. The summed E-state index contributed by atoms with van der Waals surface area (Å²) < 4.78 is 49.9. The van der Waals surface area contributed by atoms with Gasteiger partial charge in [-0.2, -0.15) is 18.2 Å². The standard InChI is InChI=1S/C23H23F3N4O3/c1-16(22-27-21(28-33-22)17-7-3-2-4-8-17)29-11-13-30(14-12-29)20(31)15-32-19-10-6-5-9-18(19)23(24,25)26/h2-10,16H,11-15H2,1H3. The van der Waals surface area contributed by atoms with Gasteiger partial charge >= 0.3 is 6.18 Å². The number of amides is 1. The van der Waals surface area contributed by atoms with Crippen molar-refractivity contribution in [1.29, 1.82) is 0 Å². The van der Waals surface area contributed by atoms with E-state index in [0.717, 1.165) is 11.6 Å². The fourth-order valence-electron chi connectivity index (χ4n) is 3.68. The molecule has 0 radical (unpaired) electrons. The van der Waals surface area contributed by atoms with Crippen LogP contribution in [0.3, 0.4) is 0 Å². The summed E-state index contributed by atoms with van der Waals surface area (Å²) in [6.45, 7) is 3.48. The monoisotopic (exact) mass is 460 g/mol. The number of alkyl halides is 3. The van der Waals surface area contributed by atoms with Gasteiger partial charge in [-0.1, -0.05) is 47.6 Å². The smallest absolute Gasteiger partial charge is 0.419 e. The van der Waals surface area contributed by atoms with Crippen molar-refractivity contribution in [2.45, 2.75) is 19.1 Å². The average molecular weight is 460 g/mol. The van der Waals surface area contributed by atoms with Crippen LogP contribution in [0.4, 0.5) is 13.2 Å². The van der Waals surface area contributed by atoms with Gasteiger partial charge in [-0.3, -0.25) is 9.69 Å². The summed E-state index contributed by atoms with van der Waals surface area (Å²) in [5, 5.41) is 4.05. The van der Waals surface area contributed by atoms with E-state index in [1.165, 1.54) is 18.2 Å². The summed E-state index contributed by atoms with van der Waals surface area (Å²) in [4.78, 5) is 20.7. The molecule has 3 aromatic rings. The molecule has 10 heteroatoms. The van der Waals surface area contributed by atoms with Gasteiger partial charge in [-0.15, -0.1) is 0 Å². The second-order valence-electron chi connectivity index (χ2n) is 7.70. The van der Waals surface area contributed by atoms with E-state index in [1.807, 2.05) is 37.3 Å². The lowest BCUT2D eigenvalue weighted by molar-refractivity contribution is -0.141. The molecular formula is C23H23F3N4O3. The van der Waals surface area contributed by atoms with Crippen LogP contribution < -0.4 is 4.74 Å². The van der Waals surface area contributed by atoms with E-state index >= 15 is 0 Å². The third kappa shape index (κ3) is 5.33. The molecular weight excluding hydrogens is 437 g/mol. The Morgan fingerprint density at radius 1 is 1.06 bits per heavy atom. The largest absolute Gasteiger partial charge is 0.483 e. The second-order valence-corrected chi connectivity index (χ2v) is 7.70. The number of ether oxygens (including phenoxy) is 1. The molecule has 0 N–H and O–H groups in total. The van der Waals surface area contributed by atoms with E-state index < -0.39 is 18.3 Å². The Bertz CT molecular complexity index is 1080. The van der Waals surface area contributed by atoms with Crippen LogP contribution in [0.5, 0.6) is 5.75 Å².